The van der Waals surface area contributed by atoms with E-state index in [-0.39, 0.29) is 5.54 Å². The SMILES string of the molecule is Cc1nc(CN2CCCC23CCN(c2nc4ccccc4o2)CC3)co1. The molecule has 6 heteroatoms. The molecule has 4 heterocycles. The Morgan fingerprint density at radius 1 is 1.08 bits per heavy atom. The number of oxazole rings is 2. The van der Waals surface area contributed by atoms with Gasteiger partial charge in [-0.25, -0.2) is 4.98 Å². The fraction of sp³-hybridized carbons (Fsp3) is 0.500. The van der Waals surface area contributed by atoms with E-state index in [0.717, 1.165) is 67.7 Å². The smallest absolute Gasteiger partial charge is 0.298 e. The molecule has 0 atom stereocenters. The van der Waals surface area contributed by atoms with Crippen LogP contribution in [0, 0.1) is 6.92 Å². The first kappa shape index (κ1) is 15.9. The van der Waals surface area contributed by atoms with Crippen LogP contribution < -0.4 is 4.90 Å². The van der Waals surface area contributed by atoms with E-state index in [1.54, 1.807) is 6.26 Å². The van der Waals surface area contributed by atoms with Crippen LogP contribution >= 0.6 is 0 Å². The second-order valence-electron chi connectivity index (χ2n) is 7.56. The van der Waals surface area contributed by atoms with Crippen LogP contribution in [0.1, 0.15) is 37.3 Å². The topological polar surface area (TPSA) is 58.5 Å². The number of fused-ring (bicyclic) bond motifs is 1. The maximum Gasteiger partial charge on any atom is 0.298 e. The van der Waals surface area contributed by atoms with E-state index in [9.17, 15) is 0 Å². The van der Waals surface area contributed by atoms with Crippen LogP contribution in [0.4, 0.5) is 6.01 Å². The standard InChI is InChI=1S/C20H24N4O2/c1-15-21-16(14-25-15)13-24-10-4-7-20(24)8-11-23(12-9-20)19-22-17-5-2-3-6-18(17)26-19/h2-3,5-6,14H,4,7-13H2,1H3. The molecule has 0 N–H and O–H groups in total. The van der Waals surface area contributed by atoms with E-state index < -0.39 is 0 Å². The first-order chi connectivity index (χ1) is 12.7. The van der Waals surface area contributed by atoms with Crippen LogP contribution in [0.2, 0.25) is 0 Å². The number of anilines is 1. The summed E-state index contributed by atoms with van der Waals surface area (Å²) in [5.41, 5.74) is 3.14. The number of nitrogens with zero attached hydrogens (tertiary/aromatic N) is 4. The summed E-state index contributed by atoms with van der Waals surface area (Å²) in [4.78, 5) is 14.1. The molecule has 26 heavy (non-hydrogen) atoms. The fourth-order valence-corrected chi connectivity index (χ4v) is 4.59. The Morgan fingerprint density at radius 2 is 1.92 bits per heavy atom. The van der Waals surface area contributed by atoms with Gasteiger partial charge < -0.3 is 13.7 Å². The van der Waals surface area contributed by atoms with Gasteiger partial charge in [0.05, 0.1) is 5.69 Å². The van der Waals surface area contributed by atoms with E-state index in [1.807, 2.05) is 31.2 Å². The molecule has 2 aromatic heterocycles. The van der Waals surface area contributed by atoms with E-state index in [4.69, 9.17) is 8.83 Å². The first-order valence-electron chi connectivity index (χ1n) is 9.48. The third-order valence-corrected chi connectivity index (χ3v) is 6.01. The number of likely N-dealkylation sites (tertiary alicyclic amines) is 1. The number of aromatic nitrogens is 2. The molecule has 2 aliphatic heterocycles. The van der Waals surface area contributed by atoms with Crippen molar-refractivity contribution in [3.63, 3.8) is 0 Å². The number of piperidine rings is 1. The Bertz CT molecular complexity index is 874. The molecular weight excluding hydrogens is 328 g/mol. The van der Waals surface area contributed by atoms with Gasteiger partial charge in [0.2, 0.25) is 0 Å². The van der Waals surface area contributed by atoms with Crippen molar-refractivity contribution in [3.8, 4) is 0 Å². The lowest BCUT2D eigenvalue weighted by molar-refractivity contribution is 0.0974. The molecule has 2 saturated heterocycles. The fourth-order valence-electron chi connectivity index (χ4n) is 4.59. The molecule has 0 bridgehead atoms. The zero-order chi connectivity index (χ0) is 17.6. The van der Waals surface area contributed by atoms with Gasteiger partial charge in [0, 0.05) is 32.1 Å². The highest BCUT2D eigenvalue weighted by molar-refractivity contribution is 5.74. The maximum absolute atomic E-state index is 5.96. The van der Waals surface area contributed by atoms with Crippen molar-refractivity contribution in [2.75, 3.05) is 24.5 Å². The van der Waals surface area contributed by atoms with Crippen molar-refractivity contribution >= 4 is 17.1 Å². The molecule has 0 unspecified atom stereocenters. The van der Waals surface area contributed by atoms with Crippen LogP contribution in [0.15, 0.2) is 39.4 Å². The van der Waals surface area contributed by atoms with Crippen molar-refractivity contribution < 1.29 is 8.83 Å². The lowest BCUT2D eigenvalue weighted by Crippen LogP contribution is -2.52. The molecule has 0 radical (unpaired) electrons. The first-order valence-corrected chi connectivity index (χ1v) is 9.48. The lowest BCUT2D eigenvalue weighted by Gasteiger charge is -2.44. The summed E-state index contributed by atoms with van der Waals surface area (Å²) in [7, 11) is 0. The van der Waals surface area contributed by atoms with Crippen LogP contribution in [0.3, 0.4) is 0 Å². The Morgan fingerprint density at radius 3 is 2.69 bits per heavy atom. The van der Waals surface area contributed by atoms with Gasteiger partial charge in [-0.05, 0) is 44.4 Å². The van der Waals surface area contributed by atoms with Gasteiger partial charge in [-0.15, -0.1) is 0 Å². The molecule has 1 spiro atoms. The quantitative estimate of drug-likeness (QED) is 0.715. The molecule has 6 nitrogen and oxygen atoms in total. The van der Waals surface area contributed by atoms with Gasteiger partial charge in [0.15, 0.2) is 11.5 Å². The van der Waals surface area contributed by atoms with Crippen LogP contribution in [-0.2, 0) is 6.54 Å². The normalized spacial score (nSPS) is 20.4. The van der Waals surface area contributed by atoms with Gasteiger partial charge in [-0.3, -0.25) is 4.90 Å². The van der Waals surface area contributed by atoms with Crippen LogP contribution in [0.5, 0.6) is 0 Å². The van der Waals surface area contributed by atoms with Crippen molar-refractivity contribution in [3.05, 3.63) is 42.1 Å². The van der Waals surface area contributed by atoms with Crippen LogP contribution in [-0.4, -0.2) is 40.0 Å². The summed E-state index contributed by atoms with van der Waals surface area (Å²) in [6, 6.07) is 8.74. The third kappa shape index (κ3) is 2.69. The average Bonchev–Trinajstić information content (AvgIpc) is 3.36. The Labute approximate surface area is 152 Å². The van der Waals surface area contributed by atoms with Crippen molar-refractivity contribution in [2.45, 2.75) is 44.7 Å². The zero-order valence-electron chi connectivity index (χ0n) is 15.1. The van der Waals surface area contributed by atoms with E-state index in [1.165, 1.54) is 12.8 Å². The number of para-hydroxylation sites is 2. The van der Waals surface area contributed by atoms with E-state index >= 15 is 0 Å². The molecule has 5 rings (SSSR count). The minimum Gasteiger partial charge on any atom is -0.449 e. The molecule has 0 aliphatic carbocycles. The molecule has 0 amide bonds. The second kappa shape index (κ2) is 6.13. The summed E-state index contributed by atoms with van der Waals surface area (Å²) in [5, 5.41) is 0. The molecule has 3 aromatic rings. The minimum atomic E-state index is 0.287. The Hall–Kier alpha value is -2.34. The third-order valence-electron chi connectivity index (χ3n) is 6.01. The predicted molar refractivity (Wildman–Crippen MR) is 99.1 cm³/mol. The Kier molecular flexibility index (Phi) is 3.74. The molecule has 2 aliphatic rings. The van der Waals surface area contributed by atoms with Crippen molar-refractivity contribution in [2.24, 2.45) is 0 Å². The van der Waals surface area contributed by atoms with Gasteiger partial charge >= 0.3 is 0 Å². The minimum absolute atomic E-state index is 0.287. The van der Waals surface area contributed by atoms with E-state index in [0.29, 0.717) is 0 Å². The van der Waals surface area contributed by atoms with Crippen molar-refractivity contribution in [1.82, 2.24) is 14.9 Å². The number of benzene rings is 1. The number of hydrogen-bond acceptors (Lipinski definition) is 6. The Balaban J connectivity index is 1.30. The molecular formula is C20H24N4O2. The number of hydrogen-bond donors (Lipinski definition) is 0. The van der Waals surface area contributed by atoms with Gasteiger partial charge in [-0.1, -0.05) is 12.1 Å². The highest BCUT2D eigenvalue weighted by Gasteiger charge is 2.43. The van der Waals surface area contributed by atoms with Crippen LogP contribution in [0.25, 0.3) is 11.1 Å². The van der Waals surface area contributed by atoms with Gasteiger partial charge in [-0.2, -0.15) is 4.98 Å². The van der Waals surface area contributed by atoms with E-state index in [2.05, 4.69) is 19.8 Å². The van der Waals surface area contributed by atoms with Gasteiger partial charge in [0.25, 0.3) is 6.01 Å². The molecule has 0 saturated carbocycles. The largest absolute Gasteiger partial charge is 0.449 e. The average molecular weight is 352 g/mol. The lowest BCUT2D eigenvalue weighted by atomic mass is 9.85. The zero-order valence-corrected chi connectivity index (χ0v) is 15.1. The summed E-state index contributed by atoms with van der Waals surface area (Å²) in [6.45, 7) is 5.92. The highest BCUT2D eigenvalue weighted by atomic mass is 16.4. The highest BCUT2D eigenvalue weighted by Crippen LogP contribution is 2.40. The monoisotopic (exact) mass is 352 g/mol. The van der Waals surface area contributed by atoms with Gasteiger partial charge in [0.1, 0.15) is 11.8 Å². The summed E-state index contributed by atoms with van der Waals surface area (Å²) in [6.07, 6.45) is 6.62. The summed E-state index contributed by atoms with van der Waals surface area (Å²) < 4.78 is 11.4. The molecule has 1 aromatic carbocycles. The maximum atomic E-state index is 5.96. The summed E-state index contributed by atoms with van der Waals surface area (Å²) in [5.74, 6) is 0.749. The van der Waals surface area contributed by atoms with Crippen molar-refractivity contribution in [1.29, 1.82) is 0 Å². The number of rotatable bonds is 3. The number of aryl methyl sites for hydroxylation is 1. The summed E-state index contributed by atoms with van der Waals surface area (Å²) >= 11 is 0. The molecule has 136 valence electrons. The molecule has 2 fully saturated rings. The second-order valence-corrected chi connectivity index (χ2v) is 7.56. The predicted octanol–water partition coefficient (Wildman–Crippen LogP) is 3.76.